The number of para-hydroxylation sites is 1. The molecule has 0 atom stereocenters. The molecule has 8 nitrogen and oxygen atoms in total. The van der Waals surface area contributed by atoms with Gasteiger partial charge in [-0.1, -0.05) is 31.4 Å². The molecule has 4 aromatic rings. The lowest BCUT2D eigenvalue weighted by Crippen LogP contribution is -2.33. The molecule has 1 saturated heterocycles. The summed E-state index contributed by atoms with van der Waals surface area (Å²) in [6, 6.07) is 11.7. The predicted molar refractivity (Wildman–Crippen MR) is 148 cm³/mol. The fourth-order valence-electron chi connectivity index (χ4n) is 5.55. The van der Waals surface area contributed by atoms with Crippen LogP contribution in [0.4, 0.5) is 32.1 Å². The first-order chi connectivity index (χ1) is 19.1. The Hall–Kier alpha value is -3.79. The minimum atomic E-state index is -0.675. The van der Waals surface area contributed by atoms with Crippen LogP contribution in [-0.2, 0) is 0 Å². The van der Waals surface area contributed by atoms with Gasteiger partial charge in [0, 0.05) is 24.3 Å². The van der Waals surface area contributed by atoms with Crippen LogP contribution in [0.25, 0.3) is 11.2 Å². The van der Waals surface area contributed by atoms with Gasteiger partial charge in [-0.3, -0.25) is 9.47 Å². The lowest BCUT2D eigenvalue weighted by molar-refractivity contribution is 0.183. The van der Waals surface area contributed by atoms with Crippen molar-refractivity contribution in [2.75, 3.05) is 36.9 Å². The minimum absolute atomic E-state index is 0.131. The fraction of sp³-hybridized carbons (Fsp3) is 0.414. The molecule has 2 aromatic heterocycles. The second-order valence-corrected chi connectivity index (χ2v) is 10.3. The maximum atomic E-state index is 14.4. The van der Waals surface area contributed by atoms with E-state index in [4.69, 9.17) is 9.72 Å². The van der Waals surface area contributed by atoms with Gasteiger partial charge in [-0.25, -0.2) is 18.7 Å². The van der Waals surface area contributed by atoms with Gasteiger partial charge in [0.1, 0.15) is 35.2 Å². The second-order valence-electron chi connectivity index (χ2n) is 10.3. The largest absolute Gasteiger partial charge is 0.492 e. The first-order valence-electron chi connectivity index (χ1n) is 13.8. The van der Waals surface area contributed by atoms with Gasteiger partial charge in [0.25, 0.3) is 0 Å². The highest BCUT2D eigenvalue weighted by Crippen LogP contribution is 2.36. The van der Waals surface area contributed by atoms with Crippen molar-refractivity contribution in [1.29, 1.82) is 0 Å². The van der Waals surface area contributed by atoms with Gasteiger partial charge >= 0.3 is 0 Å². The van der Waals surface area contributed by atoms with Crippen LogP contribution in [0.2, 0.25) is 0 Å². The average molecular weight is 534 g/mol. The van der Waals surface area contributed by atoms with E-state index in [1.165, 1.54) is 37.5 Å². The number of benzene rings is 2. The summed E-state index contributed by atoms with van der Waals surface area (Å²) >= 11 is 0. The summed E-state index contributed by atoms with van der Waals surface area (Å²) in [4.78, 5) is 16.3. The Morgan fingerprint density at radius 3 is 2.46 bits per heavy atom. The Labute approximate surface area is 226 Å². The number of aromatic nitrogens is 4. The number of nitrogens with zero attached hydrogens (tertiary/aromatic N) is 5. The third-order valence-electron chi connectivity index (χ3n) is 7.54. The number of nitrogens with one attached hydrogen (secondary N) is 2. The van der Waals surface area contributed by atoms with E-state index < -0.39 is 11.6 Å². The van der Waals surface area contributed by atoms with Crippen LogP contribution in [-0.4, -0.2) is 50.7 Å². The van der Waals surface area contributed by atoms with Gasteiger partial charge in [0.05, 0.1) is 6.20 Å². The van der Waals surface area contributed by atoms with Crippen molar-refractivity contribution in [1.82, 2.24) is 24.4 Å². The van der Waals surface area contributed by atoms with Crippen molar-refractivity contribution in [3.63, 3.8) is 0 Å². The number of imidazole rings is 1. The highest BCUT2D eigenvalue weighted by molar-refractivity contribution is 5.77. The molecule has 3 heterocycles. The molecular weight excluding hydrogens is 500 g/mol. The van der Waals surface area contributed by atoms with Crippen LogP contribution in [0.15, 0.2) is 48.7 Å². The van der Waals surface area contributed by atoms with Crippen LogP contribution in [0.3, 0.4) is 0 Å². The average Bonchev–Trinajstić information content (AvgIpc) is 3.59. The number of halogens is 2. The van der Waals surface area contributed by atoms with Gasteiger partial charge in [-0.15, -0.1) is 0 Å². The summed E-state index contributed by atoms with van der Waals surface area (Å²) in [7, 11) is 0. The molecule has 0 spiro atoms. The zero-order valence-electron chi connectivity index (χ0n) is 21.9. The van der Waals surface area contributed by atoms with E-state index in [0.717, 1.165) is 56.8 Å². The topological polar surface area (TPSA) is 80.1 Å². The Morgan fingerprint density at radius 2 is 1.67 bits per heavy atom. The number of hydrogen-bond acceptors (Lipinski definition) is 7. The molecule has 0 bridgehead atoms. The van der Waals surface area contributed by atoms with Crippen LogP contribution in [0.1, 0.15) is 51.0 Å². The first kappa shape index (κ1) is 25.5. The molecule has 39 heavy (non-hydrogen) atoms. The van der Waals surface area contributed by atoms with Crippen LogP contribution in [0, 0.1) is 11.6 Å². The smallest absolute Gasteiger partial charge is 0.229 e. The van der Waals surface area contributed by atoms with E-state index in [2.05, 4.69) is 25.5 Å². The summed E-state index contributed by atoms with van der Waals surface area (Å²) in [6.45, 7) is 3.87. The van der Waals surface area contributed by atoms with E-state index in [1.807, 2.05) is 28.8 Å². The molecule has 1 aliphatic carbocycles. The number of likely N-dealkylation sites (tertiary alicyclic amines) is 1. The summed E-state index contributed by atoms with van der Waals surface area (Å²) < 4.78 is 36.8. The molecule has 6 rings (SSSR count). The monoisotopic (exact) mass is 533 g/mol. The third kappa shape index (κ3) is 5.80. The highest BCUT2D eigenvalue weighted by atomic mass is 19.1. The number of fused-ring (bicyclic) bond motifs is 1. The Kier molecular flexibility index (Phi) is 7.53. The lowest BCUT2D eigenvalue weighted by atomic mass is 10.1. The Balaban J connectivity index is 1.22. The fourth-order valence-corrected chi connectivity index (χ4v) is 5.55. The minimum Gasteiger partial charge on any atom is -0.492 e. The Morgan fingerprint density at radius 1 is 0.897 bits per heavy atom. The predicted octanol–water partition coefficient (Wildman–Crippen LogP) is 6.57. The van der Waals surface area contributed by atoms with E-state index in [9.17, 15) is 8.78 Å². The molecule has 0 unspecified atom stereocenters. The summed E-state index contributed by atoms with van der Waals surface area (Å²) in [5, 5.41) is 6.17. The molecule has 0 radical (unpaired) electrons. The molecule has 2 N–H and O–H groups in total. The lowest BCUT2D eigenvalue weighted by Gasteiger charge is -2.26. The highest BCUT2D eigenvalue weighted by Gasteiger charge is 2.25. The van der Waals surface area contributed by atoms with Crippen LogP contribution in [0.5, 0.6) is 5.75 Å². The molecular formula is C29H33F2N7O. The van der Waals surface area contributed by atoms with Crippen LogP contribution < -0.4 is 15.4 Å². The Bertz CT molecular complexity index is 1410. The van der Waals surface area contributed by atoms with E-state index in [0.29, 0.717) is 29.7 Å². The number of rotatable bonds is 9. The number of ether oxygens (including phenoxy) is 1. The zero-order chi connectivity index (χ0) is 26.6. The SMILES string of the molecule is Fc1cccc(F)c1Nc1nc2cnc(Nc3cccc(OCCN4CCCCC4)c3)nc2n1C1CCCC1. The quantitative estimate of drug-likeness (QED) is 0.252. The summed E-state index contributed by atoms with van der Waals surface area (Å²) in [5.41, 5.74) is 1.76. The third-order valence-corrected chi connectivity index (χ3v) is 7.54. The van der Waals surface area contributed by atoms with Crippen molar-refractivity contribution >= 4 is 34.4 Å². The molecule has 1 saturated carbocycles. The van der Waals surface area contributed by atoms with E-state index >= 15 is 0 Å². The van der Waals surface area contributed by atoms with Crippen molar-refractivity contribution < 1.29 is 13.5 Å². The van der Waals surface area contributed by atoms with Gasteiger partial charge in [-0.2, -0.15) is 4.98 Å². The van der Waals surface area contributed by atoms with E-state index in [-0.39, 0.29) is 11.7 Å². The van der Waals surface area contributed by atoms with Gasteiger partial charge < -0.3 is 15.4 Å². The molecule has 2 aliphatic rings. The molecule has 0 amide bonds. The zero-order valence-corrected chi connectivity index (χ0v) is 21.9. The van der Waals surface area contributed by atoms with Crippen molar-refractivity contribution in [2.45, 2.75) is 51.0 Å². The molecule has 2 fully saturated rings. The number of hydrogen-bond donors (Lipinski definition) is 2. The van der Waals surface area contributed by atoms with Crippen molar-refractivity contribution in [3.05, 3.63) is 60.3 Å². The normalized spacial score (nSPS) is 16.6. The maximum Gasteiger partial charge on any atom is 0.229 e. The molecule has 204 valence electrons. The molecule has 2 aromatic carbocycles. The van der Waals surface area contributed by atoms with Gasteiger partial charge in [0.15, 0.2) is 5.65 Å². The van der Waals surface area contributed by atoms with Gasteiger partial charge in [-0.05, 0) is 63.0 Å². The summed E-state index contributed by atoms with van der Waals surface area (Å²) in [6.07, 6.45) is 9.55. The molecule has 10 heteroatoms. The van der Waals surface area contributed by atoms with E-state index in [1.54, 1.807) is 6.20 Å². The van der Waals surface area contributed by atoms with Crippen LogP contribution >= 0.6 is 0 Å². The van der Waals surface area contributed by atoms with Crippen molar-refractivity contribution in [2.24, 2.45) is 0 Å². The number of piperidine rings is 1. The first-order valence-corrected chi connectivity index (χ1v) is 13.8. The molecule has 1 aliphatic heterocycles. The maximum absolute atomic E-state index is 14.4. The van der Waals surface area contributed by atoms with Gasteiger partial charge in [0.2, 0.25) is 11.9 Å². The van der Waals surface area contributed by atoms with Crippen molar-refractivity contribution in [3.8, 4) is 5.75 Å². The standard InChI is InChI=1S/C29H33F2N7O/c30-23-12-7-13-24(31)26(23)35-29-34-25-19-32-28(36-27(25)38(29)21-9-2-3-10-21)33-20-8-6-11-22(18-20)39-17-16-37-14-4-1-5-15-37/h6-8,11-13,18-19,21H,1-5,9-10,14-17H2,(H,34,35)(H,32,33,36). The summed E-state index contributed by atoms with van der Waals surface area (Å²) in [5.74, 6) is 0.206. The number of anilines is 4. The second kappa shape index (κ2) is 11.5.